The molecule has 1 aromatic heterocycles. The summed E-state index contributed by atoms with van der Waals surface area (Å²) in [6.45, 7) is 5.38. The summed E-state index contributed by atoms with van der Waals surface area (Å²) in [5, 5.41) is 0.880. The van der Waals surface area contributed by atoms with Gasteiger partial charge >= 0.3 is 5.97 Å². The largest absolute Gasteiger partial charge is 0.491 e. The molecule has 210 valence electrons. The fourth-order valence-corrected chi connectivity index (χ4v) is 4.88. The van der Waals surface area contributed by atoms with Crippen LogP contribution < -0.4 is 9.64 Å². The predicted molar refractivity (Wildman–Crippen MR) is 162 cm³/mol. The number of aromatic nitrogens is 1. The molecule has 0 amide bonds. The Kier molecular flexibility index (Phi) is 10.3. The highest BCUT2D eigenvalue weighted by Gasteiger charge is 2.20. The summed E-state index contributed by atoms with van der Waals surface area (Å²) in [5.74, 6) is 0.848. The lowest BCUT2D eigenvalue weighted by Gasteiger charge is -2.23. The number of rotatable bonds is 14. The van der Waals surface area contributed by atoms with E-state index in [4.69, 9.17) is 21.1 Å². The van der Waals surface area contributed by atoms with Gasteiger partial charge in [0.25, 0.3) is 0 Å². The third kappa shape index (κ3) is 6.86. The lowest BCUT2D eigenvalue weighted by Crippen LogP contribution is -2.13. The van der Waals surface area contributed by atoms with E-state index >= 15 is 0 Å². The van der Waals surface area contributed by atoms with Gasteiger partial charge in [0.05, 0.1) is 18.9 Å². The van der Waals surface area contributed by atoms with Crippen molar-refractivity contribution in [1.82, 2.24) is 4.57 Å². The van der Waals surface area contributed by atoms with Crippen molar-refractivity contribution >= 4 is 45.6 Å². The van der Waals surface area contributed by atoms with Crippen molar-refractivity contribution in [2.75, 3.05) is 31.0 Å². The van der Waals surface area contributed by atoms with E-state index in [-0.39, 0.29) is 11.8 Å². The monoisotopic (exact) mass is 560 g/mol. The van der Waals surface area contributed by atoms with E-state index in [0.29, 0.717) is 61.8 Å². The average molecular weight is 561 g/mol. The zero-order valence-electron chi connectivity index (χ0n) is 23.5. The second kappa shape index (κ2) is 14.0. The highest BCUT2D eigenvalue weighted by Crippen LogP contribution is 2.35. The molecular weight excluding hydrogens is 524 g/mol. The minimum absolute atomic E-state index is 0.0796. The summed E-state index contributed by atoms with van der Waals surface area (Å²) in [4.78, 5) is 27.7. The summed E-state index contributed by atoms with van der Waals surface area (Å²) in [5.41, 5.74) is 5.31. The molecule has 4 rings (SSSR count). The number of halogens is 1. The number of carbonyl (C=O) groups excluding carboxylic acids is 2. The molecular formula is C33H37ClN2O4. The molecule has 0 aliphatic rings. The van der Waals surface area contributed by atoms with Crippen LogP contribution in [0, 0.1) is 0 Å². The van der Waals surface area contributed by atoms with Gasteiger partial charge in [0.1, 0.15) is 5.75 Å². The molecule has 0 spiro atoms. The molecule has 0 fully saturated rings. The van der Waals surface area contributed by atoms with Gasteiger partial charge < -0.3 is 18.9 Å². The lowest BCUT2D eigenvalue weighted by atomic mass is 10.0. The first kappa shape index (κ1) is 29.2. The molecule has 1 heterocycles. The van der Waals surface area contributed by atoms with Crippen molar-refractivity contribution in [2.24, 2.45) is 0 Å². The topological polar surface area (TPSA) is 60.8 Å². The summed E-state index contributed by atoms with van der Waals surface area (Å²) >= 11 is 5.91. The van der Waals surface area contributed by atoms with E-state index in [1.807, 2.05) is 60.3 Å². The number of aryl methyl sites for hydroxylation is 2. The maximum Gasteiger partial charge on any atom is 0.305 e. The van der Waals surface area contributed by atoms with Crippen molar-refractivity contribution in [1.29, 1.82) is 0 Å². The van der Waals surface area contributed by atoms with Gasteiger partial charge in [-0.3, -0.25) is 9.59 Å². The zero-order chi connectivity index (χ0) is 28.5. The Hall–Kier alpha value is -3.77. The molecule has 3 aromatic carbocycles. The molecule has 0 bridgehead atoms. The van der Waals surface area contributed by atoms with Gasteiger partial charge in [0.2, 0.25) is 0 Å². The van der Waals surface area contributed by atoms with Crippen molar-refractivity contribution in [3.8, 4) is 5.75 Å². The van der Waals surface area contributed by atoms with Crippen LogP contribution in [0.15, 0.2) is 72.9 Å². The number of nitrogens with zero attached hydrogens (tertiary/aromatic N) is 2. The van der Waals surface area contributed by atoms with E-state index in [2.05, 4.69) is 36.1 Å². The number of anilines is 2. The molecule has 7 heteroatoms. The molecule has 40 heavy (non-hydrogen) atoms. The van der Waals surface area contributed by atoms with Crippen LogP contribution in [-0.2, 0) is 22.5 Å². The molecule has 0 saturated carbocycles. The molecule has 0 radical (unpaired) electrons. The normalized spacial score (nSPS) is 11.0. The Balaban J connectivity index is 1.64. The molecule has 0 saturated heterocycles. The minimum atomic E-state index is -0.205. The van der Waals surface area contributed by atoms with Crippen molar-refractivity contribution in [3.05, 3.63) is 89.6 Å². The second-order valence-electron chi connectivity index (χ2n) is 9.64. The van der Waals surface area contributed by atoms with Gasteiger partial charge in [-0.2, -0.15) is 0 Å². The summed E-state index contributed by atoms with van der Waals surface area (Å²) in [6, 6.07) is 21.9. The van der Waals surface area contributed by atoms with Gasteiger partial charge in [0.15, 0.2) is 5.78 Å². The third-order valence-electron chi connectivity index (χ3n) is 6.97. The van der Waals surface area contributed by atoms with Crippen LogP contribution >= 0.6 is 11.6 Å². The van der Waals surface area contributed by atoms with E-state index in [9.17, 15) is 9.59 Å². The molecule has 0 N–H and O–H groups in total. The molecule has 0 unspecified atom stereocenters. The number of hydrogen-bond donors (Lipinski definition) is 0. The Morgan fingerprint density at radius 2 is 1.75 bits per heavy atom. The van der Waals surface area contributed by atoms with Crippen molar-refractivity contribution < 1.29 is 19.1 Å². The number of carbonyl (C=O) groups is 2. The van der Waals surface area contributed by atoms with Crippen LogP contribution in [-0.4, -0.2) is 42.5 Å². The number of ether oxygens (including phenoxy) is 2. The number of benzene rings is 3. The first-order chi connectivity index (χ1) is 19.5. The molecule has 4 aromatic rings. The fourth-order valence-electron chi connectivity index (χ4n) is 4.77. The van der Waals surface area contributed by atoms with Crippen LogP contribution in [0.25, 0.3) is 10.9 Å². The van der Waals surface area contributed by atoms with Crippen LogP contribution in [0.3, 0.4) is 0 Å². The van der Waals surface area contributed by atoms with E-state index in [1.54, 1.807) is 6.92 Å². The van der Waals surface area contributed by atoms with E-state index in [0.717, 1.165) is 28.7 Å². The standard InChI is InChI=1S/C33H37ClN2O4/c1-4-24-13-16-26(17-14-24)35(3)30-18-15-25(22-31(30)40-21-9-19-34)33(38)28-23-36(20-8-12-32(37)39-5-2)29-11-7-6-10-27(28)29/h6-7,10-11,13-18,22-23H,4-5,8-9,12,19-21H2,1-3H3. The Labute approximate surface area is 241 Å². The maximum absolute atomic E-state index is 13.9. The maximum atomic E-state index is 13.9. The average Bonchev–Trinajstić information content (AvgIpc) is 3.35. The highest BCUT2D eigenvalue weighted by molar-refractivity contribution is 6.18. The van der Waals surface area contributed by atoms with Crippen LogP contribution in [0.1, 0.15) is 54.6 Å². The van der Waals surface area contributed by atoms with Gasteiger partial charge in [-0.15, -0.1) is 11.6 Å². The van der Waals surface area contributed by atoms with Crippen molar-refractivity contribution in [3.63, 3.8) is 0 Å². The molecule has 0 aliphatic carbocycles. The van der Waals surface area contributed by atoms with Crippen LogP contribution in [0.2, 0.25) is 0 Å². The highest BCUT2D eigenvalue weighted by atomic mass is 35.5. The minimum Gasteiger partial charge on any atom is -0.491 e. The number of esters is 1. The number of hydrogen-bond acceptors (Lipinski definition) is 5. The Morgan fingerprint density at radius 3 is 2.48 bits per heavy atom. The second-order valence-corrected chi connectivity index (χ2v) is 10.0. The Bertz CT molecular complexity index is 1440. The Morgan fingerprint density at radius 1 is 0.975 bits per heavy atom. The summed E-state index contributed by atoms with van der Waals surface area (Å²) < 4.78 is 13.3. The smallest absolute Gasteiger partial charge is 0.305 e. The summed E-state index contributed by atoms with van der Waals surface area (Å²) in [7, 11) is 2.00. The third-order valence-corrected chi connectivity index (χ3v) is 7.24. The van der Waals surface area contributed by atoms with Gasteiger partial charge in [0, 0.05) is 59.8 Å². The molecule has 6 nitrogen and oxygen atoms in total. The quantitative estimate of drug-likeness (QED) is 0.0689. The first-order valence-corrected chi connectivity index (χ1v) is 14.4. The number of para-hydroxylation sites is 1. The number of alkyl halides is 1. The summed E-state index contributed by atoms with van der Waals surface area (Å²) in [6.07, 6.45) is 4.54. The molecule has 0 atom stereocenters. The first-order valence-electron chi connectivity index (χ1n) is 13.9. The van der Waals surface area contributed by atoms with Crippen LogP contribution in [0.4, 0.5) is 11.4 Å². The van der Waals surface area contributed by atoms with Gasteiger partial charge in [-0.05, 0) is 68.1 Å². The lowest BCUT2D eigenvalue weighted by molar-refractivity contribution is -0.143. The number of fused-ring (bicyclic) bond motifs is 1. The van der Waals surface area contributed by atoms with Crippen molar-refractivity contribution in [2.45, 2.75) is 46.1 Å². The zero-order valence-corrected chi connectivity index (χ0v) is 24.2. The van der Waals surface area contributed by atoms with E-state index in [1.165, 1.54) is 5.56 Å². The fraction of sp³-hybridized carbons (Fsp3) is 0.333. The SMILES string of the molecule is CCOC(=O)CCCn1cc(C(=O)c2ccc(N(C)c3ccc(CC)cc3)c(OCCCCl)c2)c2ccccc21. The molecule has 0 aliphatic heterocycles. The van der Waals surface area contributed by atoms with E-state index < -0.39 is 0 Å². The van der Waals surface area contributed by atoms with Gasteiger partial charge in [-0.25, -0.2) is 0 Å². The predicted octanol–water partition coefficient (Wildman–Crippen LogP) is 7.55. The van der Waals surface area contributed by atoms with Gasteiger partial charge in [-0.1, -0.05) is 37.3 Å². The number of ketones is 1. The van der Waals surface area contributed by atoms with Crippen LogP contribution in [0.5, 0.6) is 5.75 Å².